The van der Waals surface area contributed by atoms with Crippen LogP contribution in [0.2, 0.25) is 0 Å². The molecule has 3 rings (SSSR count). The number of hydrogen-bond acceptors (Lipinski definition) is 5. The fourth-order valence-corrected chi connectivity index (χ4v) is 2.92. The maximum Gasteiger partial charge on any atom is 0.250 e. The first-order valence-corrected chi connectivity index (χ1v) is 8.58. The van der Waals surface area contributed by atoms with E-state index in [4.69, 9.17) is 0 Å². The van der Waals surface area contributed by atoms with E-state index < -0.39 is 0 Å². The maximum atomic E-state index is 12.3. The van der Waals surface area contributed by atoms with Crippen LogP contribution in [0.15, 0.2) is 30.3 Å². The number of aromatic nitrogens is 4. The molecule has 0 unspecified atom stereocenters. The third-order valence-corrected chi connectivity index (χ3v) is 4.60. The molecule has 7 heteroatoms. The topological polar surface area (TPSA) is 75.9 Å². The van der Waals surface area contributed by atoms with Crippen molar-refractivity contribution >= 4 is 11.9 Å². The normalized spacial score (nSPS) is 16.8. The summed E-state index contributed by atoms with van der Waals surface area (Å²) < 4.78 is 1.75. The molecule has 0 spiro atoms. The average molecular weight is 328 g/mol. The Morgan fingerprint density at radius 1 is 1.29 bits per heavy atom. The number of amides is 1. The van der Waals surface area contributed by atoms with Gasteiger partial charge in [0.15, 0.2) is 0 Å². The van der Waals surface area contributed by atoms with Crippen LogP contribution in [-0.2, 0) is 4.79 Å². The van der Waals surface area contributed by atoms with E-state index in [2.05, 4.69) is 32.7 Å². The highest BCUT2D eigenvalue weighted by Crippen LogP contribution is 2.23. The van der Waals surface area contributed by atoms with E-state index in [1.807, 2.05) is 37.3 Å². The number of nitrogens with zero attached hydrogens (tertiary/aromatic N) is 5. The molecule has 0 bridgehead atoms. The van der Waals surface area contributed by atoms with Crippen molar-refractivity contribution in [1.82, 2.24) is 25.5 Å². The lowest BCUT2D eigenvalue weighted by molar-refractivity contribution is -0.126. The largest absolute Gasteiger partial charge is 0.353 e. The van der Waals surface area contributed by atoms with Crippen LogP contribution < -0.4 is 10.2 Å². The molecule has 7 nitrogen and oxygen atoms in total. The van der Waals surface area contributed by atoms with Gasteiger partial charge in [0.2, 0.25) is 11.9 Å². The van der Waals surface area contributed by atoms with E-state index in [9.17, 15) is 4.79 Å². The molecule has 1 atom stereocenters. The molecule has 1 aliphatic rings. The second-order valence-electron chi connectivity index (χ2n) is 6.31. The van der Waals surface area contributed by atoms with Crippen molar-refractivity contribution in [3.8, 4) is 5.69 Å². The van der Waals surface area contributed by atoms with Crippen LogP contribution in [0.1, 0.15) is 33.1 Å². The van der Waals surface area contributed by atoms with Gasteiger partial charge in [-0.3, -0.25) is 4.79 Å². The van der Waals surface area contributed by atoms with Crippen LogP contribution in [0.3, 0.4) is 0 Å². The first-order chi connectivity index (χ1) is 11.7. The summed E-state index contributed by atoms with van der Waals surface area (Å²) >= 11 is 0. The van der Waals surface area contributed by atoms with E-state index in [1.165, 1.54) is 0 Å². The number of carbonyl (C=O) groups excluding carboxylic acids is 1. The van der Waals surface area contributed by atoms with Crippen molar-refractivity contribution in [1.29, 1.82) is 0 Å². The van der Waals surface area contributed by atoms with Crippen LogP contribution in [0, 0.1) is 5.92 Å². The minimum atomic E-state index is 0.0799. The van der Waals surface area contributed by atoms with Gasteiger partial charge in [-0.1, -0.05) is 30.2 Å². The Hall–Kier alpha value is -2.44. The number of para-hydroxylation sites is 1. The lowest BCUT2D eigenvalue weighted by Crippen LogP contribution is -2.43. The number of anilines is 1. The number of tetrazole rings is 1. The van der Waals surface area contributed by atoms with E-state index in [1.54, 1.807) is 4.68 Å². The highest BCUT2D eigenvalue weighted by molar-refractivity contribution is 5.79. The van der Waals surface area contributed by atoms with Crippen LogP contribution >= 0.6 is 0 Å². The van der Waals surface area contributed by atoms with Crippen molar-refractivity contribution < 1.29 is 4.79 Å². The molecule has 0 radical (unpaired) electrons. The predicted octanol–water partition coefficient (Wildman–Crippen LogP) is 1.79. The molecular formula is C17H24N6O. The smallest absolute Gasteiger partial charge is 0.250 e. The first kappa shape index (κ1) is 16.4. The summed E-state index contributed by atoms with van der Waals surface area (Å²) in [6, 6.07) is 10.1. The molecule has 1 N–H and O–H groups in total. The molecule has 1 amide bonds. The minimum absolute atomic E-state index is 0.0799. The van der Waals surface area contributed by atoms with Crippen LogP contribution in [-0.4, -0.2) is 45.2 Å². The Kier molecular flexibility index (Phi) is 5.08. The van der Waals surface area contributed by atoms with Gasteiger partial charge < -0.3 is 10.2 Å². The molecule has 1 aromatic heterocycles. The monoisotopic (exact) mass is 328 g/mol. The average Bonchev–Trinajstić information content (AvgIpc) is 3.12. The van der Waals surface area contributed by atoms with Gasteiger partial charge in [-0.2, -0.15) is 4.68 Å². The maximum absolute atomic E-state index is 12.3. The predicted molar refractivity (Wildman–Crippen MR) is 92.0 cm³/mol. The molecule has 0 aliphatic carbocycles. The molecule has 128 valence electrons. The zero-order chi connectivity index (χ0) is 16.9. The van der Waals surface area contributed by atoms with Gasteiger partial charge in [-0.25, -0.2) is 0 Å². The van der Waals surface area contributed by atoms with Gasteiger partial charge in [0.05, 0.1) is 5.69 Å². The molecule has 2 heterocycles. The SMILES string of the molecule is CC[C@@H](C)NC(=O)C1CCN(c2nnnn2-c2ccccc2)CC1. The minimum Gasteiger partial charge on any atom is -0.353 e. The van der Waals surface area contributed by atoms with Crippen molar-refractivity contribution in [2.45, 2.75) is 39.2 Å². The molecule has 1 aliphatic heterocycles. The van der Waals surface area contributed by atoms with Crippen LogP contribution in [0.4, 0.5) is 5.95 Å². The second-order valence-corrected chi connectivity index (χ2v) is 6.31. The summed E-state index contributed by atoms with van der Waals surface area (Å²) in [4.78, 5) is 14.4. The lowest BCUT2D eigenvalue weighted by Gasteiger charge is -2.31. The Labute approximate surface area is 142 Å². The number of carbonyl (C=O) groups is 1. The van der Waals surface area contributed by atoms with Gasteiger partial charge in [-0.05, 0) is 48.7 Å². The van der Waals surface area contributed by atoms with Crippen LogP contribution in [0.25, 0.3) is 5.69 Å². The van der Waals surface area contributed by atoms with Gasteiger partial charge in [-0.15, -0.1) is 0 Å². The van der Waals surface area contributed by atoms with Gasteiger partial charge in [0, 0.05) is 25.0 Å². The third-order valence-electron chi connectivity index (χ3n) is 4.60. The summed E-state index contributed by atoms with van der Waals surface area (Å²) in [7, 11) is 0. The Bertz CT molecular complexity index is 663. The highest BCUT2D eigenvalue weighted by atomic mass is 16.1. The van der Waals surface area contributed by atoms with E-state index >= 15 is 0 Å². The van der Waals surface area contributed by atoms with Crippen molar-refractivity contribution in [2.75, 3.05) is 18.0 Å². The second kappa shape index (κ2) is 7.42. The number of piperidine rings is 1. The number of rotatable bonds is 5. The summed E-state index contributed by atoms with van der Waals surface area (Å²) in [6.07, 6.45) is 2.60. The van der Waals surface area contributed by atoms with E-state index in [0.717, 1.165) is 44.0 Å². The molecule has 2 aromatic rings. The summed E-state index contributed by atoms with van der Waals surface area (Å²) in [5, 5.41) is 15.2. The molecular weight excluding hydrogens is 304 g/mol. The molecule has 1 aromatic carbocycles. The Morgan fingerprint density at radius 3 is 2.67 bits per heavy atom. The van der Waals surface area contributed by atoms with Crippen molar-refractivity contribution in [3.05, 3.63) is 30.3 Å². The molecule has 1 fully saturated rings. The van der Waals surface area contributed by atoms with Gasteiger partial charge in [0.25, 0.3) is 0 Å². The first-order valence-electron chi connectivity index (χ1n) is 8.58. The molecule has 24 heavy (non-hydrogen) atoms. The van der Waals surface area contributed by atoms with Crippen molar-refractivity contribution in [2.24, 2.45) is 5.92 Å². The Morgan fingerprint density at radius 2 is 2.00 bits per heavy atom. The fourth-order valence-electron chi connectivity index (χ4n) is 2.92. The summed E-state index contributed by atoms with van der Waals surface area (Å²) in [5.74, 6) is 0.991. The standard InChI is InChI=1S/C17H24N6O/c1-3-13(2)18-16(24)14-9-11-22(12-10-14)17-19-20-21-23(17)15-7-5-4-6-8-15/h4-8,13-14H,3,9-12H2,1-2H3,(H,18,24)/t13-/m1/s1. The van der Waals surface area contributed by atoms with Crippen molar-refractivity contribution in [3.63, 3.8) is 0 Å². The molecule has 0 saturated carbocycles. The third kappa shape index (κ3) is 3.55. The zero-order valence-electron chi connectivity index (χ0n) is 14.2. The highest BCUT2D eigenvalue weighted by Gasteiger charge is 2.28. The van der Waals surface area contributed by atoms with E-state index in [0.29, 0.717) is 0 Å². The van der Waals surface area contributed by atoms with Gasteiger partial charge >= 0.3 is 0 Å². The molecule has 1 saturated heterocycles. The quantitative estimate of drug-likeness (QED) is 0.905. The number of nitrogens with one attached hydrogen (secondary N) is 1. The van der Waals surface area contributed by atoms with Crippen LogP contribution in [0.5, 0.6) is 0 Å². The van der Waals surface area contributed by atoms with Gasteiger partial charge in [0.1, 0.15) is 0 Å². The summed E-state index contributed by atoms with van der Waals surface area (Å²) in [6.45, 7) is 5.69. The number of benzene rings is 1. The van der Waals surface area contributed by atoms with E-state index in [-0.39, 0.29) is 17.9 Å². The fraction of sp³-hybridized carbons (Fsp3) is 0.529. The Balaban J connectivity index is 1.64. The lowest BCUT2D eigenvalue weighted by atomic mass is 9.95. The summed E-state index contributed by atoms with van der Waals surface area (Å²) in [5.41, 5.74) is 0.939. The zero-order valence-corrected chi connectivity index (χ0v) is 14.2. The number of hydrogen-bond donors (Lipinski definition) is 1.